The molecule has 0 amide bonds. The van der Waals surface area contributed by atoms with Gasteiger partial charge in [-0.25, -0.2) is 4.99 Å². The van der Waals surface area contributed by atoms with Gasteiger partial charge in [0.05, 0.1) is 6.54 Å². The molecule has 0 atom stereocenters. The second-order valence-electron chi connectivity index (χ2n) is 7.57. The highest BCUT2D eigenvalue weighted by molar-refractivity contribution is 14.0. The smallest absolute Gasteiger partial charge is 0.191 e. The number of benzene rings is 1. The summed E-state index contributed by atoms with van der Waals surface area (Å²) >= 11 is 0. The number of hydrogen-bond donors (Lipinski definition) is 2. The molecule has 0 aromatic heterocycles. The molecule has 0 spiro atoms. The van der Waals surface area contributed by atoms with Gasteiger partial charge in [-0.2, -0.15) is 0 Å². The number of aryl methyl sites for hydroxylation is 1. The van der Waals surface area contributed by atoms with Crippen molar-refractivity contribution in [2.24, 2.45) is 4.99 Å². The predicted octanol–water partition coefficient (Wildman–Crippen LogP) is 3.31. The van der Waals surface area contributed by atoms with E-state index < -0.39 is 0 Å². The summed E-state index contributed by atoms with van der Waals surface area (Å²) in [7, 11) is 0. The number of hydrogen-bond acceptors (Lipinski definition) is 3. The molecule has 0 radical (unpaired) electrons. The fraction of sp³-hybridized carbons (Fsp3) is 0.667. The summed E-state index contributed by atoms with van der Waals surface area (Å²) in [6.07, 6.45) is 4.86. The molecule has 6 heteroatoms. The molecular formula is C21H35IN4O. The van der Waals surface area contributed by atoms with E-state index in [2.05, 4.69) is 53.6 Å². The van der Waals surface area contributed by atoms with Gasteiger partial charge in [-0.1, -0.05) is 29.8 Å². The van der Waals surface area contributed by atoms with Gasteiger partial charge in [0.25, 0.3) is 0 Å². The summed E-state index contributed by atoms with van der Waals surface area (Å²) in [4.78, 5) is 7.49. The average molecular weight is 486 g/mol. The number of guanidine groups is 1. The van der Waals surface area contributed by atoms with Crippen molar-refractivity contribution >= 4 is 29.9 Å². The molecule has 3 rings (SSSR count). The Morgan fingerprint density at radius 3 is 2.41 bits per heavy atom. The average Bonchev–Trinajstić information content (AvgIpc) is 3.22. The molecule has 2 heterocycles. The maximum absolute atomic E-state index is 5.65. The highest BCUT2D eigenvalue weighted by Crippen LogP contribution is 2.30. The topological polar surface area (TPSA) is 48.9 Å². The lowest BCUT2D eigenvalue weighted by molar-refractivity contribution is -0.0164. The van der Waals surface area contributed by atoms with Gasteiger partial charge in [0.1, 0.15) is 0 Å². The Bertz CT molecular complexity index is 578. The Morgan fingerprint density at radius 1 is 1.11 bits per heavy atom. The van der Waals surface area contributed by atoms with Crippen molar-refractivity contribution < 1.29 is 4.74 Å². The molecule has 0 saturated carbocycles. The van der Waals surface area contributed by atoms with E-state index in [4.69, 9.17) is 9.73 Å². The van der Waals surface area contributed by atoms with Crippen molar-refractivity contribution in [1.29, 1.82) is 0 Å². The fourth-order valence-electron chi connectivity index (χ4n) is 4.00. The van der Waals surface area contributed by atoms with Crippen LogP contribution >= 0.6 is 24.0 Å². The number of likely N-dealkylation sites (tertiary alicyclic amines) is 1. The Balaban J connectivity index is 0.00000261. The number of ether oxygens (including phenoxy) is 1. The summed E-state index contributed by atoms with van der Waals surface area (Å²) in [6.45, 7) is 10.9. The zero-order valence-electron chi connectivity index (χ0n) is 16.8. The number of rotatable bonds is 6. The van der Waals surface area contributed by atoms with Crippen LogP contribution in [-0.2, 0) is 11.3 Å². The van der Waals surface area contributed by atoms with E-state index in [0.29, 0.717) is 6.54 Å². The van der Waals surface area contributed by atoms with Crippen LogP contribution in [0.4, 0.5) is 0 Å². The zero-order valence-corrected chi connectivity index (χ0v) is 19.1. The van der Waals surface area contributed by atoms with Gasteiger partial charge in [-0.15, -0.1) is 24.0 Å². The van der Waals surface area contributed by atoms with Crippen LogP contribution in [0.3, 0.4) is 0 Å². The molecule has 1 aromatic rings. The number of halogens is 1. The third kappa shape index (κ3) is 6.32. The minimum atomic E-state index is 0. The summed E-state index contributed by atoms with van der Waals surface area (Å²) < 4.78 is 5.65. The van der Waals surface area contributed by atoms with Crippen molar-refractivity contribution in [1.82, 2.24) is 15.5 Å². The lowest BCUT2D eigenvalue weighted by Crippen LogP contribution is -2.58. The van der Waals surface area contributed by atoms with Gasteiger partial charge in [-0.3, -0.25) is 4.90 Å². The molecule has 0 aliphatic carbocycles. The van der Waals surface area contributed by atoms with Gasteiger partial charge in [0.15, 0.2) is 5.96 Å². The molecule has 2 N–H and O–H groups in total. The van der Waals surface area contributed by atoms with Crippen LogP contribution in [0.25, 0.3) is 0 Å². The lowest BCUT2D eigenvalue weighted by Gasteiger charge is -2.45. The second kappa shape index (κ2) is 11.2. The highest BCUT2D eigenvalue weighted by Gasteiger charge is 2.39. The highest BCUT2D eigenvalue weighted by atomic mass is 127. The Hall–Kier alpha value is -0.860. The first-order chi connectivity index (χ1) is 12.7. The van der Waals surface area contributed by atoms with Crippen LogP contribution in [0.5, 0.6) is 0 Å². The molecule has 0 unspecified atom stereocenters. The predicted molar refractivity (Wildman–Crippen MR) is 123 cm³/mol. The molecule has 152 valence electrons. The SMILES string of the molecule is CCNC(=NCc1ccc(C)cc1)NCC1(N2CCCC2)CCOCC1.I. The number of nitrogens with zero attached hydrogens (tertiary/aromatic N) is 2. The number of nitrogens with one attached hydrogen (secondary N) is 2. The molecule has 5 nitrogen and oxygen atoms in total. The fourth-order valence-corrected chi connectivity index (χ4v) is 4.00. The summed E-state index contributed by atoms with van der Waals surface area (Å²) in [5, 5.41) is 7.03. The maximum Gasteiger partial charge on any atom is 0.191 e. The summed E-state index contributed by atoms with van der Waals surface area (Å²) in [5.74, 6) is 0.915. The van der Waals surface area contributed by atoms with E-state index in [9.17, 15) is 0 Å². The first-order valence-corrected chi connectivity index (χ1v) is 10.1. The van der Waals surface area contributed by atoms with E-state index in [1.165, 1.54) is 37.1 Å². The molecule has 0 bridgehead atoms. The third-order valence-corrected chi connectivity index (χ3v) is 5.67. The monoisotopic (exact) mass is 486 g/mol. The third-order valence-electron chi connectivity index (χ3n) is 5.67. The van der Waals surface area contributed by atoms with E-state index >= 15 is 0 Å². The van der Waals surface area contributed by atoms with Gasteiger partial charge in [-0.05, 0) is 58.2 Å². The molecule has 27 heavy (non-hydrogen) atoms. The van der Waals surface area contributed by atoms with Crippen molar-refractivity contribution in [3.8, 4) is 0 Å². The quantitative estimate of drug-likeness (QED) is 0.368. The van der Waals surface area contributed by atoms with Crippen LogP contribution in [0.1, 0.15) is 43.7 Å². The van der Waals surface area contributed by atoms with E-state index in [-0.39, 0.29) is 29.5 Å². The van der Waals surface area contributed by atoms with Crippen molar-refractivity contribution in [3.63, 3.8) is 0 Å². The van der Waals surface area contributed by atoms with Crippen LogP contribution in [0.2, 0.25) is 0 Å². The van der Waals surface area contributed by atoms with Crippen LogP contribution in [0, 0.1) is 6.92 Å². The standard InChI is InChI=1S/C21H34N4O.HI/c1-3-22-20(23-16-19-8-6-18(2)7-9-19)24-17-21(10-14-26-15-11-21)25-12-4-5-13-25;/h6-9H,3-5,10-17H2,1-2H3,(H2,22,23,24);1H. The van der Waals surface area contributed by atoms with Crippen molar-refractivity contribution in [3.05, 3.63) is 35.4 Å². The molecule has 2 fully saturated rings. The molecule has 2 aliphatic rings. The van der Waals surface area contributed by atoms with E-state index in [1.54, 1.807) is 0 Å². The number of aliphatic imine (C=N–C) groups is 1. The minimum absolute atomic E-state index is 0. The Kier molecular flexibility index (Phi) is 9.32. The summed E-state index contributed by atoms with van der Waals surface area (Å²) in [6, 6.07) is 8.62. The van der Waals surface area contributed by atoms with Gasteiger partial charge in [0, 0.05) is 31.8 Å². The van der Waals surface area contributed by atoms with Crippen LogP contribution in [-0.4, -0.2) is 55.8 Å². The Morgan fingerprint density at radius 2 is 1.78 bits per heavy atom. The summed E-state index contributed by atoms with van der Waals surface area (Å²) in [5.41, 5.74) is 2.75. The van der Waals surface area contributed by atoms with Crippen molar-refractivity contribution in [2.75, 3.05) is 39.4 Å². The second-order valence-corrected chi connectivity index (χ2v) is 7.57. The first kappa shape index (κ1) is 22.4. The lowest BCUT2D eigenvalue weighted by atomic mass is 9.88. The molecular weight excluding hydrogens is 451 g/mol. The van der Waals surface area contributed by atoms with Gasteiger partial charge >= 0.3 is 0 Å². The Labute approximate surface area is 181 Å². The largest absolute Gasteiger partial charge is 0.381 e. The molecule has 2 aliphatic heterocycles. The molecule has 2 saturated heterocycles. The zero-order chi connectivity index (χ0) is 18.2. The minimum Gasteiger partial charge on any atom is -0.381 e. The molecule has 1 aromatic carbocycles. The van der Waals surface area contributed by atoms with E-state index in [1.807, 2.05) is 0 Å². The first-order valence-electron chi connectivity index (χ1n) is 10.1. The van der Waals surface area contributed by atoms with E-state index in [0.717, 1.165) is 45.1 Å². The van der Waals surface area contributed by atoms with Crippen molar-refractivity contribution in [2.45, 2.75) is 51.6 Å². The van der Waals surface area contributed by atoms with Crippen LogP contribution in [0.15, 0.2) is 29.3 Å². The normalized spacial score (nSPS) is 20.1. The van der Waals surface area contributed by atoms with Gasteiger partial charge < -0.3 is 15.4 Å². The van der Waals surface area contributed by atoms with Crippen LogP contribution < -0.4 is 10.6 Å². The maximum atomic E-state index is 5.65. The van der Waals surface area contributed by atoms with Gasteiger partial charge in [0.2, 0.25) is 0 Å².